The van der Waals surface area contributed by atoms with Gasteiger partial charge >= 0.3 is 0 Å². The summed E-state index contributed by atoms with van der Waals surface area (Å²) < 4.78 is 0. The molecule has 14 heavy (non-hydrogen) atoms. The van der Waals surface area contributed by atoms with E-state index in [2.05, 4.69) is 11.9 Å². The molecule has 1 aliphatic rings. The van der Waals surface area contributed by atoms with Crippen molar-refractivity contribution in [3.63, 3.8) is 0 Å². The van der Waals surface area contributed by atoms with E-state index in [0.29, 0.717) is 6.54 Å². The van der Waals surface area contributed by atoms with Gasteiger partial charge in [-0.05, 0) is 13.8 Å². The van der Waals surface area contributed by atoms with Gasteiger partial charge in [-0.3, -0.25) is 10.1 Å². The fraction of sp³-hybridized carbons (Fsp3) is 0.700. The first kappa shape index (κ1) is 11.6. The van der Waals surface area contributed by atoms with E-state index >= 15 is 0 Å². The second-order valence-corrected chi connectivity index (χ2v) is 4.68. The predicted octanol–water partition coefficient (Wildman–Crippen LogP) is 1.07. The van der Waals surface area contributed by atoms with Crippen LogP contribution in [0.2, 0.25) is 0 Å². The molecular formula is C10H18N2OS. The maximum Gasteiger partial charge on any atom is 0.241 e. The lowest BCUT2D eigenvalue weighted by Gasteiger charge is -2.27. The quantitative estimate of drug-likeness (QED) is 0.711. The average Bonchev–Trinajstić information content (AvgIpc) is 2.65. The van der Waals surface area contributed by atoms with Crippen molar-refractivity contribution in [2.24, 2.45) is 0 Å². The van der Waals surface area contributed by atoms with E-state index < -0.39 is 0 Å². The molecule has 1 amide bonds. The highest BCUT2D eigenvalue weighted by molar-refractivity contribution is 7.99. The van der Waals surface area contributed by atoms with E-state index in [-0.39, 0.29) is 18.0 Å². The lowest BCUT2D eigenvalue weighted by Crippen LogP contribution is -2.47. The standard InChI is InChI=1S/C10H18N2OS/c1-4-5-12(8(2)3)10(13)9-6-14-7-11-9/h4,8-9,11H,1,5-7H2,2-3H3. The highest BCUT2D eigenvalue weighted by atomic mass is 32.2. The summed E-state index contributed by atoms with van der Waals surface area (Å²) in [4.78, 5) is 13.8. The van der Waals surface area contributed by atoms with E-state index in [9.17, 15) is 4.79 Å². The summed E-state index contributed by atoms with van der Waals surface area (Å²) >= 11 is 1.77. The number of carbonyl (C=O) groups is 1. The number of nitrogens with zero attached hydrogens (tertiary/aromatic N) is 1. The van der Waals surface area contributed by atoms with Crippen molar-refractivity contribution >= 4 is 17.7 Å². The molecule has 1 aliphatic heterocycles. The van der Waals surface area contributed by atoms with E-state index in [1.165, 1.54) is 0 Å². The molecule has 1 rings (SSSR count). The van der Waals surface area contributed by atoms with Crippen LogP contribution < -0.4 is 5.32 Å². The minimum absolute atomic E-state index is 0.00218. The Balaban J connectivity index is 2.57. The van der Waals surface area contributed by atoms with Crippen LogP contribution in [0.15, 0.2) is 12.7 Å². The molecule has 3 nitrogen and oxygen atoms in total. The molecule has 1 N–H and O–H groups in total. The molecule has 0 aromatic rings. The number of hydrogen-bond acceptors (Lipinski definition) is 3. The molecule has 1 atom stereocenters. The van der Waals surface area contributed by atoms with Crippen molar-refractivity contribution in [2.45, 2.75) is 25.9 Å². The number of nitrogens with one attached hydrogen (secondary N) is 1. The summed E-state index contributed by atoms with van der Waals surface area (Å²) in [5.74, 6) is 1.97. The Hall–Kier alpha value is -0.480. The minimum atomic E-state index is 0.00218. The summed E-state index contributed by atoms with van der Waals surface area (Å²) in [6.07, 6.45) is 1.78. The van der Waals surface area contributed by atoms with Gasteiger partial charge in [-0.15, -0.1) is 18.3 Å². The molecule has 0 saturated carbocycles. The van der Waals surface area contributed by atoms with Gasteiger partial charge < -0.3 is 4.90 Å². The molecule has 4 heteroatoms. The summed E-state index contributed by atoms with van der Waals surface area (Å²) in [5, 5.41) is 3.19. The van der Waals surface area contributed by atoms with Crippen LogP contribution in [0.1, 0.15) is 13.8 Å². The number of hydrogen-bond donors (Lipinski definition) is 1. The number of carbonyl (C=O) groups excluding carboxylic acids is 1. The molecule has 0 aromatic carbocycles. The molecule has 0 spiro atoms. The number of thioether (sulfide) groups is 1. The maximum atomic E-state index is 12.0. The van der Waals surface area contributed by atoms with Crippen LogP contribution >= 0.6 is 11.8 Å². The Morgan fingerprint density at radius 2 is 2.50 bits per heavy atom. The van der Waals surface area contributed by atoms with Crippen LogP contribution in [-0.2, 0) is 4.79 Å². The Morgan fingerprint density at radius 3 is 2.93 bits per heavy atom. The monoisotopic (exact) mass is 214 g/mol. The summed E-state index contributed by atoms with van der Waals surface area (Å²) in [5.41, 5.74) is 0. The number of amides is 1. The molecule has 0 aliphatic carbocycles. The van der Waals surface area contributed by atoms with Crippen LogP contribution in [0.25, 0.3) is 0 Å². The third kappa shape index (κ3) is 2.75. The lowest BCUT2D eigenvalue weighted by molar-refractivity contribution is -0.133. The average molecular weight is 214 g/mol. The van der Waals surface area contributed by atoms with Gasteiger partial charge in [0.15, 0.2) is 0 Å². The third-order valence-electron chi connectivity index (χ3n) is 2.25. The van der Waals surface area contributed by atoms with Gasteiger partial charge in [0.05, 0.1) is 6.04 Å². The van der Waals surface area contributed by atoms with Crippen LogP contribution in [0.3, 0.4) is 0 Å². The zero-order valence-electron chi connectivity index (χ0n) is 8.82. The summed E-state index contributed by atoms with van der Waals surface area (Å²) in [6.45, 7) is 8.37. The first-order chi connectivity index (χ1) is 6.66. The molecule has 1 saturated heterocycles. The molecular weight excluding hydrogens is 196 g/mol. The van der Waals surface area contributed by atoms with Crippen molar-refractivity contribution in [1.82, 2.24) is 10.2 Å². The SMILES string of the molecule is C=CCN(C(=O)C1CSCN1)C(C)C. The Labute approximate surface area is 89.9 Å². The normalized spacial score (nSPS) is 21.2. The zero-order valence-corrected chi connectivity index (χ0v) is 9.64. The number of rotatable bonds is 4. The molecule has 1 heterocycles. The predicted molar refractivity (Wildman–Crippen MR) is 61.3 cm³/mol. The van der Waals surface area contributed by atoms with Crippen molar-refractivity contribution < 1.29 is 4.79 Å². The molecule has 1 fully saturated rings. The maximum absolute atomic E-state index is 12.0. The largest absolute Gasteiger partial charge is 0.335 e. The fourth-order valence-corrected chi connectivity index (χ4v) is 2.38. The fourth-order valence-electron chi connectivity index (χ4n) is 1.45. The van der Waals surface area contributed by atoms with Gasteiger partial charge in [0, 0.05) is 24.2 Å². The van der Waals surface area contributed by atoms with Crippen molar-refractivity contribution in [1.29, 1.82) is 0 Å². The van der Waals surface area contributed by atoms with Crippen LogP contribution in [0.4, 0.5) is 0 Å². The van der Waals surface area contributed by atoms with E-state index in [1.807, 2.05) is 18.7 Å². The van der Waals surface area contributed by atoms with Crippen LogP contribution in [-0.4, -0.2) is 41.1 Å². The lowest BCUT2D eigenvalue weighted by atomic mass is 10.2. The van der Waals surface area contributed by atoms with Gasteiger partial charge in [0.25, 0.3) is 0 Å². The first-order valence-corrected chi connectivity index (χ1v) is 6.04. The zero-order chi connectivity index (χ0) is 10.6. The minimum Gasteiger partial charge on any atom is -0.335 e. The molecule has 0 aromatic heterocycles. The highest BCUT2D eigenvalue weighted by Crippen LogP contribution is 2.13. The smallest absolute Gasteiger partial charge is 0.241 e. The Bertz CT molecular complexity index is 212. The van der Waals surface area contributed by atoms with Crippen LogP contribution in [0.5, 0.6) is 0 Å². The van der Waals surface area contributed by atoms with Crippen molar-refractivity contribution in [3.05, 3.63) is 12.7 Å². The summed E-state index contributed by atoms with van der Waals surface area (Å²) in [7, 11) is 0. The van der Waals surface area contributed by atoms with Gasteiger partial charge in [0.1, 0.15) is 0 Å². The Morgan fingerprint density at radius 1 is 1.79 bits per heavy atom. The second-order valence-electron chi connectivity index (χ2n) is 3.64. The van der Waals surface area contributed by atoms with Gasteiger partial charge in [-0.1, -0.05) is 6.08 Å². The second kappa shape index (κ2) is 5.41. The molecule has 0 bridgehead atoms. The molecule has 1 unspecified atom stereocenters. The van der Waals surface area contributed by atoms with Crippen molar-refractivity contribution in [2.75, 3.05) is 18.2 Å². The highest BCUT2D eigenvalue weighted by Gasteiger charge is 2.27. The van der Waals surface area contributed by atoms with Gasteiger partial charge in [-0.2, -0.15) is 0 Å². The van der Waals surface area contributed by atoms with Crippen LogP contribution in [0, 0.1) is 0 Å². The first-order valence-electron chi connectivity index (χ1n) is 4.89. The van der Waals surface area contributed by atoms with Crippen molar-refractivity contribution in [3.8, 4) is 0 Å². The van der Waals surface area contributed by atoms with E-state index in [4.69, 9.17) is 0 Å². The summed E-state index contributed by atoms with van der Waals surface area (Å²) in [6, 6.07) is 0.246. The molecule has 0 radical (unpaired) electrons. The topological polar surface area (TPSA) is 32.3 Å². The van der Waals surface area contributed by atoms with E-state index in [1.54, 1.807) is 17.8 Å². The van der Waals surface area contributed by atoms with E-state index in [0.717, 1.165) is 11.6 Å². The third-order valence-corrected chi connectivity index (χ3v) is 3.19. The van der Waals surface area contributed by atoms with Gasteiger partial charge in [-0.25, -0.2) is 0 Å². The van der Waals surface area contributed by atoms with Gasteiger partial charge in [0.2, 0.25) is 5.91 Å². The Kier molecular flexibility index (Phi) is 4.48. The molecule has 80 valence electrons.